The number of fused-ring (bicyclic) bond motifs is 1. The van der Waals surface area contributed by atoms with Gasteiger partial charge in [-0.3, -0.25) is 4.79 Å². The van der Waals surface area contributed by atoms with E-state index in [1.165, 1.54) is 11.1 Å². The molecule has 0 radical (unpaired) electrons. The van der Waals surface area contributed by atoms with Crippen LogP contribution in [0.2, 0.25) is 10.0 Å². The lowest BCUT2D eigenvalue weighted by Gasteiger charge is -2.32. The zero-order chi connectivity index (χ0) is 25.1. The van der Waals surface area contributed by atoms with Crippen molar-refractivity contribution in [3.8, 4) is 11.1 Å². The fraction of sp³-hybridized carbons (Fsp3) is 0.172. The summed E-state index contributed by atoms with van der Waals surface area (Å²) in [6, 6.07) is 23.2. The summed E-state index contributed by atoms with van der Waals surface area (Å²) in [4.78, 5) is 19.9. The first-order chi connectivity index (χ1) is 17.5. The molecule has 0 unspecified atom stereocenters. The Labute approximate surface area is 221 Å². The number of rotatable bonds is 6. The normalized spacial score (nSPS) is 12.6. The topological polar surface area (TPSA) is 57.3 Å². The number of benzene rings is 3. The number of pyridine rings is 1. The highest BCUT2D eigenvalue weighted by Crippen LogP contribution is 2.33. The molecule has 1 aliphatic heterocycles. The molecule has 5 nitrogen and oxygen atoms in total. The van der Waals surface area contributed by atoms with Crippen molar-refractivity contribution >= 4 is 40.6 Å². The molecule has 0 atom stereocenters. The number of hydrogen-bond acceptors (Lipinski definition) is 4. The smallest absolute Gasteiger partial charge is 0.251 e. The molecule has 182 valence electrons. The summed E-state index contributed by atoms with van der Waals surface area (Å²) >= 11 is 12.3. The summed E-state index contributed by atoms with van der Waals surface area (Å²) < 4.78 is 0. The van der Waals surface area contributed by atoms with Gasteiger partial charge in [-0.2, -0.15) is 0 Å². The van der Waals surface area contributed by atoms with E-state index in [1.807, 2.05) is 66.9 Å². The van der Waals surface area contributed by atoms with Gasteiger partial charge in [-0.05, 0) is 71.6 Å². The first-order valence-electron chi connectivity index (χ1n) is 11.8. The number of nitrogens with one attached hydrogen (secondary N) is 2. The standard InChI is InChI=1S/C29H26Cl2N4O/c1-19-8-9-26(31)14-24(19)18-35-11-10-32-28-27(35)15-23(17-33-28)21-5-3-6-22(13-21)29(36)34-16-20-4-2-7-25(30)12-20/h2-9,12-15,17H,10-11,16,18H2,1H3,(H,32,33)(H,34,36). The monoisotopic (exact) mass is 516 g/mol. The van der Waals surface area contributed by atoms with E-state index in [9.17, 15) is 4.79 Å². The molecule has 1 amide bonds. The molecule has 2 heterocycles. The van der Waals surface area contributed by atoms with Crippen molar-refractivity contribution in [1.29, 1.82) is 0 Å². The molecule has 36 heavy (non-hydrogen) atoms. The van der Waals surface area contributed by atoms with Crippen LogP contribution in [-0.4, -0.2) is 24.0 Å². The average molecular weight is 517 g/mol. The lowest BCUT2D eigenvalue weighted by Crippen LogP contribution is -2.34. The van der Waals surface area contributed by atoms with Gasteiger partial charge in [-0.15, -0.1) is 0 Å². The summed E-state index contributed by atoms with van der Waals surface area (Å²) in [6.45, 7) is 4.94. The van der Waals surface area contributed by atoms with E-state index < -0.39 is 0 Å². The van der Waals surface area contributed by atoms with Crippen LogP contribution in [0.3, 0.4) is 0 Å². The van der Waals surface area contributed by atoms with Crippen LogP contribution >= 0.6 is 23.2 Å². The van der Waals surface area contributed by atoms with Crippen molar-refractivity contribution in [2.75, 3.05) is 23.3 Å². The summed E-state index contributed by atoms with van der Waals surface area (Å²) in [6.07, 6.45) is 1.85. The molecular weight excluding hydrogens is 491 g/mol. The van der Waals surface area contributed by atoms with Gasteiger partial charge >= 0.3 is 0 Å². The van der Waals surface area contributed by atoms with Gasteiger partial charge in [0.25, 0.3) is 5.91 Å². The highest BCUT2D eigenvalue weighted by Gasteiger charge is 2.20. The van der Waals surface area contributed by atoms with Crippen molar-refractivity contribution in [1.82, 2.24) is 10.3 Å². The number of aryl methyl sites for hydroxylation is 1. The minimum absolute atomic E-state index is 0.137. The SMILES string of the molecule is Cc1ccc(Cl)cc1CN1CCNc2ncc(-c3cccc(C(=O)NCc4cccc(Cl)c4)c3)cc21. The van der Waals surface area contributed by atoms with Crippen LogP contribution in [0.4, 0.5) is 11.5 Å². The van der Waals surface area contributed by atoms with E-state index in [0.717, 1.165) is 52.9 Å². The Balaban J connectivity index is 1.37. The molecule has 1 aromatic heterocycles. The Morgan fingerprint density at radius 2 is 1.83 bits per heavy atom. The number of anilines is 2. The number of nitrogens with zero attached hydrogens (tertiary/aromatic N) is 2. The number of amides is 1. The van der Waals surface area contributed by atoms with Crippen LogP contribution in [0.5, 0.6) is 0 Å². The molecule has 4 aromatic rings. The molecule has 0 bridgehead atoms. The number of carbonyl (C=O) groups is 1. The molecule has 7 heteroatoms. The first kappa shape index (κ1) is 24.2. The van der Waals surface area contributed by atoms with E-state index >= 15 is 0 Å². The van der Waals surface area contributed by atoms with Crippen LogP contribution in [0, 0.1) is 6.92 Å². The van der Waals surface area contributed by atoms with Crippen LogP contribution in [0.15, 0.2) is 79.0 Å². The third-order valence-corrected chi connectivity index (χ3v) is 6.83. The van der Waals surface area contributed by atoms with Gasteiger partial charge in [0.05, 0.1) is 5.69 Å². The largest absolute Gasteiger partial charge is 0.367 e. The number of hydrogen-bond donors (Lipinski definition) is 2. The van der Waals surface area contributed by atoms with Gasteiger partial charge in [0.2, 0.25) is 0 Å². The number of aromatic nitrogens is 1. The van der Waals surface area contributed by atoms with Crippen molar-refractivity contribution in [2.45, 2.75) is 20.0 Å². The summed E-state index contributed by atoms with van der Waals surface area (Å²) in [5.74, 6) is 0.725. The third-order valence-electron chi connectivity index (χ3n) is 6.36. The van der Waals surface area contributed by atoms with Crippen molar-refractivity contribution in [3.63, 3.8) is 0 Å². The number of carbonyl (C=O) groups excluding carboxylic acids is 1. The minimum atomic E-state index is -0.137. The van der Waals surface area contributed by atoms with E-state index in [2.05, 4.69) is 34.6 Å². The van der Waals surface area contributed by atoms with E-state index in [1.54, 1.807) is 0 Å². The van der Waals surface area contributed by atoms with Gasteiger partial charge in [-0.1, -0.05) is 53.5 Å². The molecule has 5 rings (SSSR count). The van der Waals surface area contributed by atoms with E-state index in [4.69, 9.17) is 28.2 Å². The molecule has 1 aliphatic rings. The van der Waals surface area contributed by atoms with Crippen molar-refractivity contribution in [3.05, 3.63) is 111 Å². The van der Waals surface area contributed by atoms with E-state index in [-0.39, 0.29) is 5.91 Å². The average Bonchev–Trinajstić information content (AvgIpc) is 2.89. The fourth-order valence-electron chi connectivity index (χ4n) is 4.37. The van der Waals surface area contributed by atoms with Crippen molar-refractivity contribution < 1.29 is 4.79 Å². The lowest BCUT2D eigenvalue weighted by molar-refractivity contribution is 0.0951. The van der Waals surface area contributed by atoms with Gasteiger partial charge in [0.15, 0.2) is 0 Å². The zero-order valence-electron chi connectivity index (χ0n) is 19.9. The molecular formula is C29H26Cl2N4O. The van der Waals surface area contributed by atoms with Crippen LogP contribution in [0.1, 0.15) is 27.0 Å². The molecule has 3 aromatic carbocycles. The quantitative estimate of drug-likeness (QED) is 0.298. The molecule has 0 saturated carbocycles. The van der Waals surface area contributed by atoms with Crippen LogP contribution in [0.25, 0.3) is 11.1 Å². The Morgan fingerprint density at radius 1 is 1.00 bits per heavy atom. The second kappa shape index (κ2) is 10.6. The summed E-state index contributed by atoms with van der Waals surface area (Å²) in [5.41, 5.74) is 6.87. The second-order valence-corrected chi connectivity index (χ2v) is 9.78. The minimum Gasteiger partial charge on any atom is -0.367 e. The van der Waals surface area contributed by atoms with Gasteiger partial charge < -0.3 is 15.5 Å². The Kier molecular flexibility index (Phi) is 7.12. The van der Waals surface area contributed by atoms with Gasteiger partial charge in [-0.25, -0.2) is 4.98 Å². The molecule has 0 spiro atoms. The van der Waals surface area contributed by atoms with Crippen molar-refractivity contribution in [2.24, 2.45) is 0 Å². The molecule has 0 aliphatic carbocycles. The summed E-state index contributed by atoms with van der Waals surface area (Å²) in [7, 11) is 0. The number of halogens is 2. The second-order valence-electron chi connectivity index (χ2n) is 8.90. The highest BCUT2D eigenvalue weighted by molar-refractivity contribution is 6.30. The van der Waals surface area contributed by atoms with Crippen LogP contribution in [-0.2, 0) is 13.1 Å². The van der Waals surface area contributed by atoms with E-state index in [0.29, 0.717) is 17.1 Å². The first-order valence-corrected chi connectivity index (χ1v) is 12.6. The molecule has 0 fully saturated rings. The Morgan fingerprint density at radius 3 is 2.69 bits per heavy atom. The fourth-order valence-corrected chi connectivity index (χ4v) is 4.78. The van der Waals surface area contributed by atoms with Gasteiger partial charge in [0.1, 0.15) is 5.82 Å². The van der Waals surface area contributed by atoms with Gasteiger partial charge in [0, 0.05) is 53.5 Å². The molecule has 2 N–H and O–H groups in total. The predicted octanol–water partition coefficient (Wildman–Crippen LogP) is 6.73. The Hall–Kier alpha value is -3.54. The lowest BCUT2D eigenvalue weighted by atomic mass is 10.0. The summed E-state index contributed by atoms with van der Waals surface area (Å²) in [5, 5.41) is 7.76. The Bertz CT molecular complexity index is 1420. The highest BCUT2D eigenvalue weighted by atomic mass is 35.5. The maximum atomic E-state index is 12.8. The molecule has 0 saturated heterocycles. The zero-order valence-corrected chi connectivity index (χ0v) is 21.4. The maximum absolute atomic E-state index is 12.8. The third kappa shape index (κ3) is 5.48. The predicted molar refractivity (Wildman–Crippen MR) is 148 cm³/mol. The van der Waals surface area contributed by atoms with Crippen LogP contribution < -0.4 is 15.5 Å². The maximum Gasteiger partial charge on any atom is 0.251 e.